The molecule has 0 saturated heterocycles. The van der Waals surface area contributed by atoms with Crippen LogP contribution in [0, 0.1) is 0 Å². The Hall–Kier alpha value is -2.29. The molecule has 1 unspecified atom stereocenters. The first-order valence-electron chi connectivity index (χ1n) is 8.94. The number of hydrogen-bond donors (Lipinski definition) is 0. The third kappa shape index (κ3) is 3.55. The average Bonchev–Trinajstić information content (AvgIpc) is 2.63. The fraction of sp³-hybridized carbons (Fsp3) is 0.409. The van der Waals surface area contributed by atoms with E-state index in [0.29, 0.717) is 0 Å². The summed E-state index contributed by atoms with van der Waals surface area (Å²) in [7, 11) is 1.45. The average molecular weight is 337 g/mol. The number of anilines is 1. The van der Waals surface area contributed by atoms with Gasteiger partial charge in [0.1, 0.15) is 0 Å². The van der Waals surface area contributed by atoms with Crippen LogP contribution in [0.1, 0.15) is 49.8 Å². The molecule has 0 amide bonds. The lowest BCUT2D eigenvalue weighted by molar-refractivity contribution is -0.141. The molecule has 3 nitrogen and oxygen atoms in total. The minimum Gasteiger partial charge on any atom is -0.469 e. The number of benzene rings is 2. The van der Waals surface area contributed by atoms with Crippen molar-refractivity contribution in [2.75, 3.05) is 12.0 Å². The highest BCUT2D eigenvalue weighted by molar-refractivity contribution is 5.78. The molecule has 0 aliphatic carbocycles. The summed E-state index contributed by atoms with van der Waals surface area (Å²) < 4.78 is 4.89. The second kappa shape index (κ2) is 6.91. The number of carbonyl (C=O) groups excluding carboxylic acids is 1. The first kappa shape index (κ1) is 17.5. The molecule has 2 aromatic rings. The van der Waals surface area contributed by atoms with Crippen LogP contribution in [0.15, 0.2) is 48.5 Å². The van der Waals surface area contributed by atoms with E-state index in [2.05, 4.69) is 67.3 Å². The molecule has 0 fully saturated rings. The summed E-state index contributed by atoms with van der Waals surface area (Å²) in [6.45, 7) is 7.42. The molecule has 1 aliphatic heterocycles. The summed E-state index contributed by atoms with van der Waals surface area (Å²) in [5, 5.41) is 0. The van der Waals surface area contributed by atoms with Crippen LogP contribution in [0.4, 0.5) is 5.69 Å². The Kier molecular flexibility index (Phi) is 4.85. The van der Waals surface area contributed by atoms with Crippen molar-refractivity contribution in [3.8, 4) is 0 Å². The van der Waals surface area contributed by atoms with E-state index in [0.717, 1.165) is 24.9 Å². The van der Waals surface area contributed by atoms with Gasteiger partial charge < -0.3 is 9.64 Å². The molecule has 0 bridgehead atoms. The van der Waals surface area contributed by atoms with Crippen molar-refractivity contribution < 1.29 is 9.53 Å². The molecule has 1 heterocycles. The molecule has 0 N–H and O–H groups in total. The Morgan fingerprint density at radius 1 is 1.20 bits per heavy atom. The van der Waals surface area contributed by atoms with Crippen LogP contribution in [0.2, 0.25) is 0 Å². The Morgan fingerprint density at radius 3 is 2.60 bits per heavy atom. The minimum absolute atomic E-state index is 0.109. The molecule has 1 aliphatic rings. The first-order valence-corrected chi connectivity index (χ1v) is 8.94. The first-order chi connectivity index (χ1) is 11.9. The second-order valence-electron chi connectivity index (χ2n) is 7.52. The van der Waals surface area contributed by atoms with Crippen molar-refractivity contribution in [3.63, 3.8) is 0 Å². The number of rotatable bonds is 4. The molecular weight excluding hydrogens is 310 g/mol. The summed E-state index contributed by atoms with van der Waals surface area (Å²) in [5.41, 5.74) is 5.06. The van der Waals surface area contributed by atoms with Gasteiger partial charge in [0.15, 0.2) is 0 Å². The lowest BCUT2D eigenvalue weighted by atomic mass is 9.84. The number of methoxy groups -OCH3 is 1. The Morgan fingerprint density at radius 2 is 1.92 bits per heavy atom. The molecule has 3 rings (SSSR count). The predicted molar refractivity (Wildman–Crippen MR) is 102 cm³/mol. The van der Waals surface area contributed by atoms with Crippen LogP contribution in [0.3, 0.4) is 0 Å². The monoisotopic (exact) mass is 337 g/mol. The SMILES string of the molecule is COC(=O)C(C)c1ccc2c(c1)CCC(C)(C)N2Cc1ccccc1. The van der Waals surface area contributed by atoms with Gasteiger partial charge in [0.2, 0.25) is 0 Å². The Bertz CT molecular complexity index is 752. The maximum absolute atomic E-state index is 11.9. The van der Waals surface area contributed by atoms with Crippen molar-refractivity contribution in [2.24, 2.45) is 0 Å². The van der Waals surface area contributed by atoms with E-state index in [1.807, 2.05) is 6.92 Å². The predicted octanol–water partition coefficient (Wildman–Crippen LogP) is 4.69. The number of ether oxygens (including phenoxy) is 1. The van der Waals surface area contributed by atoms with Gasteiger partial charge in [-0.15, -0.1) is 0 Å². The molecule has 0 saturated carbocycles. The third-order valence-corrected chi connectivity index (χ3v) is 5.37. The van der Waals surface area contributed by atoms with E-state index in [4.69, 9.17) is 4.74 Å². The van der Waals surface area contributed by atoms with E-state index in [9.17, 15) is 4.79 Å². The van der Waals surface area contributed by atoms with E-state index in [1.54, 1.807) is 0 Å². The van der Waals surface area contributed by atoms with Crippen LogP contribution in [0.5, 0.6) is 0 Å². The van der Waals surface area contributed by atoms with Crippen molar-refractivity contribution in [2.45, 2.75) is 51.6 Å². The highest BCUT2D eigenvalue weighted by Gasteiger charge is 2.33. The third-order valence-electron chi connectivity index (χ3n) is 5.37. The quantitative estimate of drug-likeness (QED) is 0.758. The molecule has 25 heavy (non-hydrogen) atoms. The minimum atomic E-state index is -0.229. The van der Waals surface area contributed by atoms with Gasteiger partial charge in [0.05, 0.1) is 13.0 Å². The maximum Gasteiger partial charge on any atom is 0.312 e. The van der Waals surface area contributed by atoms with E-state index in [-0.39, 0.29) is 17.4 Å². The van der Waals surface area contributed by atoms with Crippen LogP contribution < -0.4 is 4.90 Å². The van der Waals surface area contributed by atoms with Crippen molar-refractivity contribution in [3.05, 3.63) is 65.2 Å². The van der Waals surface area contributed by atoms with Crippen LogP contribution in [-0.4, -0.2) is 18.6 Å². The molecule has 3 heteroatoms. The van der Waals surface area contributed by atoms with Crippen molar-refractivity contribution in [1.29, 1.82) is 0 Å². The van der Waals surface area contributed by atoms with Crippen molar-refractivity contribution >= 4 is 11.7 Å². The zero-order valence-corrected chi connectivity index (χ0v) is 15.6. The topological polar surface area (TPSA) is 29.5 Å². The number of nitrogens with zero attached hydrogens (tertiary/aromatic N) is 1. The number of fused-ring (bicyclic) bond motifs is 1. The largest absolute Gasteiger partial charge is 0.469 e. The number of carbonyl (C=O) groups is 1. The normalized spacial score (nSPS) is 16.9. The Labute approximate surface area is 150 Å². The van der Waals surface area contributed by atoms with Crippen LogP contribution >= 0.6 is 0 Å². The molecule has 132 valence electrons. The number of hydrogen-bond acceptors (Lipinski definition) is 3. The molecular formula is C22H27NO2. The molecule has 1 atom stereocenters. The fourth-order valence-corrected chi connectivity index (χ4v) is 3.62. The zero-order chi connectivity index (χ0) is 18.0. The molecule has 0 spiro atoms. The molecule has 0 radical (unpaired) electrons. The van der Waals surface area contributed by atoms with E-state index >= 15 is 0 Å². The fourth-order valence-electron chi connectivity index (χ4n) is 3.62. The maximum atomic E-state index is 11.9. The standard InChI is InChI=1S/C22H27NO2/c1-16(21(24)25-4)18-10-11-20-19(14-18)12-13-22(2,3)23(20)15-17-8-6-5-7-9-17/h5-11,14,16H,12-13,15H2,1-4H3. The summed E-state index contributed by atoms with van der Waals surface area (Å²) >= 11 is 0. The van der Waals surface area contributed by atoms with Gasteiger partial charge in [-0.1, -0.05) is 42.5 Å². The lowest BCUT2D eigenvalue weighted by Crippen LogP contribution is -2.47. The van der Waals surface area contributed by atoms with Gasteiger partial charge >= 0.3 is 5.97 Å². The highest BCUT2D eigenvalue weighted by atomic mass is 16.5. The summed E-state index contributed by atoms with van der Waals surface area (Å²) in [4.78, 5) is 14.4. The second-order valence-corrected chi connectivity index (χ2v) is 7.52. The van der Waals surface area contributed by atoms with Gasteiger partial charge in [-0.2, -0.15) is 0 Å². The van der Waals surface area contributed by atoms with E-state index < -0.39 is 0 Å². The van der Waals surface area contributed by atoms with Gasteiger partial charge in [-0.3, -0.25) is 4.79 Å². The van der Waals surface area contributed by atoms with Gasteiger partial charge in [-0.25, -0.2) is 0 Å². The number of esters is 1. The van der Waals surface area contributed by atoms with Crippen molar-refractivity contribution in [1.82, 2.24) is 0 Å². The van der Waals surface area contributed by atoms with Gasteiger partial charge in [-0.05, 0) is 56.4 Å². The van der Waals surface area contributed by atoms with E-state index in [1.165, 1.54) is 23.9 Å². The lowest BCUT2D eigenvalue weighted by Gasteiger charge is -2.45. The smallest absolute Gasteiger partial charge is 0.312 e. The summed E-state index contributed by atoms with van der Waals surface area (Å²) in [6, 6.07) is 17.0. The van der Waals surface area contributed by atoms with Gasteiger partial charge in [0.25, 0.3) is 0 Å². The summed E-state index contributed by atoms with van der Waals surface area (Å²) in [5.74, 6) is -0.412. The Balaban J connectivity index is 1.94. The van der Waals surface area contributed by atoms with Gasteiger partial charge in [0, 0.05) is 17.8 Å². The molecule has 0 aromatic heterocycles. The summed E-state index contributed by atoms with van der Waals surface area (Å²) in [6.07, 6.45) is 2.14. The van der Waals surface area contributed by atoms with Crippen LogP contribution in [0.25, 0.3) is 0 Å². The molecule has 2 aromatic carbocycles. The van der Waals surface area contributed by atoms with Crippen LogP contribution in [-0.2, 0) is 22.5 Å². The zero-order valence-electron chi connectivity index (χ0n) is 15.6. The number of aryl methyl sites for hydroxylation is 1. The highest BCUT2D eigenvalue weighted by Crippen LogP contribution is 2.39.